The molecule has 1 amide bonds. The second-order valence-corrected chi connectivity index (χ2v) is 5.41. The van der Waals surface area contributed by atoms with Gasteiger partial charge in [0.15, 0.2) is 0 Å². The number of ether oxygens (including phenoxy) is 1. The zero-order valence-electron chi connectivity index (χ0n) is 11.4. The number of carbonyl (C=O) groups excluding carboxylic acids is 1. The third-order valence-corrected chi connectivity index (χ3v) is 2.54. The highest BCUT2D eigenvalue weighted by Gasteiger charge is 2.16. The Bertz CT molecular complexity index is 615. The summed E-state index contributed by atoms with van der Waals surface area (Å²) in [5, 5.41) is 4.64. The van der Waals surface area contributed by atoms with Gasteiger partial charge >= 0.3 is 6.09 Å². The van der Waals surface area contributed by atoms with Crippen LogP contribution in [-0.4, -0.2) is 11.7 Å². The summed E-state index contributed by atoms with van der Waals surface area (Å²) < 4.78 is 5.20. The Kier molecular flexibility index (Phi) is 3.34. The molecule has 4 nitrogen and oxygen atoms in total. The molecule has 0 saturated heterocycles. The largest absolute Gasteiger partial charge is 0.444 e. The van der Waals surface area contributed by atoms with Crippen LogP contribution in [0.5, 0.6) is 0 Å². The fourth-order valence-electron chi connectivity index (χ4n) is 1.83. The molecule has 0 spiro atoms. The van der Waals surface area contributed by atoms with E-state index in [1.807, 2.05) is 51.1 Å². The predicted molar refractivity (Wildman–Crippen MR) is 78.2 cm³/mol. The van der Waals surface area contributed by atoms with E-state index in [-0.39, 0.29) is 0 Å². The van der Waals surface area contributed by atoms with E-state index >= 15 is 0 Å². The van der Waals surface area contributed by atoms with Gasteiger partial charge in [0, 0.05) is 16.8 Å². The zero-order chi connectivity index (χ0) is 14.0. The third kappa shape index (κ3) is 3.37. The van der Waals surface area contributed by atoms with Crippen LogP contribution in [0.2, 0.25) is 0 Å². The molecule has 0 atom stereocenters. The van der Waals surface area contributed by atoms with E-state index in [0.717, 1.165) is 10.8 Å². The van der Waals surface area contributed by atoms with Gasteiger partial charge in [0.05, 0.1) is 0 Å². The average Bonchev–Trinajstić information content (AvgIpc) is 2.26. The van der Waals surface area contributed by atoms with Crippen molar-refractivity contribution in [2.45, 2.75) is 26.4 Å². The number of carbonyl (C=O) groups is 1. The Labute approximate surface area is 112 Å². The number of hydrogen-bond acceptors (Lipinski definition) is 3. The Morgan fingerprint density at radius 2 is 1.89 bits per heavy atom. The molecule has 0 unspecified atom stereocenters. The molecule has 2 rings (SSSR count). The first-order valence-corrected chi connectivity index (χ1v) is 6.13. The summed E-state index contributed by atoms with van der Waals surface area (Å²) in [6, 6.07) is 11.4. The molecule has 0 fully saturated rings. The molecule has 19 heavy (non-hydrogen) atoms. The van der Waals surface area contributed by atoms with Crippen molar-refractivity contribution < 1.29 is 9.53 Å². The smallest absolute Gasteiger partial charge is 0.412 e. The minimum atomic E-state index is -0.521. The topological polar surface area (TPSA) is 64.3 Å². The molecule has 0 saturated carbocycles. The van der Waals surface area contributed by atoms with Gasteiger partial charge in [0.25, 0.3) is 0 Å². The lowest BCUT2D eigenvalue weighted by atomic mass is 10.1. The Hall–Kier alpha value is -2.23. The Balaban J connectivity index is 2.24. The van der Waals surface area contributed by atoms with Crippen LogP contribution in [0.3, 0.4) is 0 Å². The molecule has 2 aromatic carbocycles. The maximum Gasteiger partial charge on any atom is 0.412 e. The lowest BCUT2D eigenvalue weighted by Gasteiger charge is -2.20. The number of nitrogens with two attached hydrogens (primary N) is 1. The molecule has 3 N–H and O–H groups in total. The minimum absolute atomic E-state index is 0.484. The third-order valence-electron chi connectivity index (χ3n) is 2.54. The Morgan fingerprint density at radius 3 is 2.58 bits per heavy atom. The van der Waals surface area contributed by atoms with Crippen LogP contribution in [0, 0.1) is 0 Å². The van der Waals surface area contributed by atoms with Gasteiger partial charge in [-0.05, 0) is 38.3 Å². The van der Waals surface area contributed by atoms with Crippen LogP contribution in [0.15, 0.2) is 36.4 Å². The van der Waals surface area contributed by atoms with Crippen molar-refractivity contribution >= 4 is 28.2 Å². The van der Waals surface area contributed by atoms with Gasteiger partial charge < -0.3 is 10.5 Å². The van der Waals surface area contributed by atoms with E-state index in [0.29, 0.717) is 11.4 Å². The van der Waals surface area contributed by atoms with E-state index in [1.54, 1.807) is 6.07 Å². The molecule has 0 aromatic heterocycles. The molecule has 0 aliphatic heterocycles. The van der Waals surface area contributed by atoms with Gasteiger partial charge in [0.2, 0.25) is 0 Å². The second-order valence-electron chi connectivity index (χ2n) is 5.41. The van der Waals surface area contributed by atoms with Crippen molar-refractivity contribution in [1.29, 1.82) is 0 Å². The number of nitrogens with one attached hydrogen (secondary N) is 1. The zero-order valence-corrected chi connectivity index (χ0v) is 11.4. The number of amides is 1. The lowest BCUT2D eigenvalue weighted by Crippen LogP contribution is -2.27. The van der Waals surface area contributed by atoms with Gasteiger partial charge in [-0.15, -0.1) is 0 Å². The molecule has 100 valence electrons. The fourth-order valence-corrected chi connectivity index (χ4v) is 1.83. The maximum atomic E-state index is 11.7. The van der Waals surface area contributed by atoms with Crippen LogP contribution < -0.4 is 11.1 Å². The van der Waals surface area contributed by atoms with Gasteiger partial charge in [0.1, 0.15) is 5.60 Å². The molecule has 2 aromatic rings. The van der Waals surface area contributed by atoms with Gasteiger partial charge in [-0.25, -0.2) is 4.79 Å². The molecule has 0 aliphatic carbocycles. The predicted octanol–water partition coefficient (Wildman–Crippen LogP) is 3.77. The molecule has 0 bridgehead atoms. The van der Waals surface area contributed by atoms with Crippen molar-refractivity contribution in [1.82, 2.24) is 0 Å². The summed E-state index contributed by atoms with van der Waals surface area (Å²) in [5.74, 6) is 0. The van der Waals surface area contributed by atoms with Gasteiger partial charge in [-0.2, -0.15) is 0 Å². The average molecular weight is 258 g/mol. The van der Waals surface area contributed by atoms with Gasteiger partial charge in [-0.1, -0.05) is 24.3 Å². The molecular weight excluding hydrogens is 240 g/mol. The van der Waals surface area contributed by atoms with Crippen LogP contribution in [-0.2, 0) is 4.74 Å². The quantitative estimate of drug-likeness (QED) is 0.765. The lowest BCUT2D eigenvalue weighted by molar-refractivity contribution is 0.0636. The van der Waals surface area contributed by atoms with Crippen molar-refractivity contribution in [2.75, 3.05) is 11.1 Å². The summed E-state index contributed by atoms with van der Waals surface area (Å²) in [5.41, 5.74) is 6.71. The number of benzene rings is 2. The molecular formula is C15H18N2O2. The highest BCUT2D eigenvalue weighted by molar-refractivity contribution is 5.98. The number of nitrogen functional groups attached to an aromatic ring is 1. The van der Waals surface area contributed by atoms with Crippen LogP contribution >= 0.6 is 0 Å². The minimum Gasteiger partial charge on any atom is -0.444 e. The van der Waals surface area contributed by atoms with Crippen molar-refractivity contribution in [3.63, 3.8) is 0 Å². The summed E-state index contributed by atoms with van der Waals surface area (Å²) in [7, 11) is 0. The highest BCUT2D eigenvalue weighted by Crippen LogP contribution is 2.26. The van der Waals surface area contributed by atoms with Crippen molar-refractivity contribution in [3.8, 4) is 0 Å². The first kappa shape index (κ1) is 13.2. The fraction of sp³-hybridized carbons (Fsp3) is 0.267. The van der Waals surface area contributed by atoms with E-state index in [9.17, 15) is 4.79 Å². The van der Waals surface area contributed by atoms with E-state index in [4.69, 9.17) is 10.5 Å². The second kappa shape index (κ2) is 4.80. The standard InChI is InChI=1S/C15H18N2O2/c1-15(2,3)19-14(18)17-11-8-10-6-4-5-7-12(10)13(16)9-11/h4-9H,16H2,1-3H3,(H,17,18). The van der Waals surface area contributed by atoms with E-state index in [1.165, 1.54) is 0 Å². The SMILES string of the molecule is CC(C)(C)OC(=O)Nc1cc(N)c2ccccc2c1. The monoisotopic (exact) mass is 258 g/mol. The van der Waals surface area contributed by atoms with Crippen LogP contribution in [0.4, 0.5) is 16.2 Å². The van der Waals surface area contributed by atoms with E-state index < -0.39 is 11.7 Å². The first-order valence-electron chi connectivity index (χ1n) is 6.13. The normalized spacial score (nSPS) is 11.3. The maximum absolute atomic E-state index is 11.7. The van der Waals surface area contributed by atoms with Crippen molar-refractivity contribution in [3.05, 3.63) is 36.4 Å². The summed E-state index contributed by atoms with van der Waals surface area (Å²) in [6.45, 7) is 5.46. The van der Waals surface area contributed by atoms with Crippen LogP contribution in [0.1, 0.15) is 20.8 Å². The first-order chi connectivity index (χ1) is 8.85. The number of rotatable bonds is 1. The summed E-state index contributed by atoms with van der Waals surface area (Å²) in [4.78, 5) is 11.7. The summed E-state index contributed by atoms with van der Waals surface area (Å²) in [6.07, 6.45) is -0.484. The number of fused-ring (bicyclic) bond motifs is 1. The molecule has 4 heteroatoms. The number of anilines is 2. The highest BCUT2D eigenvalue weighted by atomic mass is 16.6. The summed E-state index contributed by atoms with van der Waals surface area (Å²) >= 11 is 0. The Morgan fingerprint density at radius 1 is 1.21 bits per heavy atom. The molecule has 0 aliphatic rings. The molecule has 0 radical (unpaired) electrons. The van der Waals surface area contributed by atoms with Crippen molar-refractivity contribution in [2.24, 2.45) is 0 Å². The van der Waals surface area contributed by atoms with Gasteiger partial charge in [-0.3, -0.25) is 5.32 Å². The number of hydrogen-bond donors (Lipinski definition) is 2. The van der Waals surface area contributed by atoms with Crippen LogP contribution in [0.25, 0.3) is 10.8 Å². The van der Waals surface area contributed by atoms with E-state index in [2.05, 4.69) is 5.32 Å². The molecule has 0 heterocycles.